The first-order chi connectivity index (χ1) is 24.8. The normalized spacial score (nSPS) is 17.0. The third-order valence-electron chi connectivity index (χ3n) is 8.25. The molecule has 0 aliphatic carbocycles. The number of hydrogen-bond acceptors (Lipinski definition) is 13. The Balaban J connectivity index is 1.50. The predicted molar refractivity (Wildman–Crippen MR) is 180 cm³/mol. The smallest absolute Gasteiger partial charge is 0.308 e. The Labute approximate surface area is 297 Å². The molecule has 0 fully saturated rings. The summed E-state index contributed by atoms with van der Waals surface area (Å²) in [5, 5.41) is 0. The van der Waals surface area contributed by atoms with E-state index in [2.05, 4.69) is 0 Å². The Hall–Kier alpha value is -6.50. The lowest BCUT2D eigenvalue weighted by atomic mass is 9.82. The van der Waals surface area contributed by atoms with Crippen molar-refractivity contribution in [1.29, 1.82) is 0 Å². The molecule has 13 nitrogen and oxygen atoms in total. The van der Waals surface area contributed by atoms with Crippen LogP contribution >= 0.6 is 0 Å². The van der Waals surface area contributed by atoms with Crippen molar-refractivity contribution in [3.63, 3.8) is 0 Å². The van der Waals surface area contributed by atoms with Crippen LogP contribution in [-0.2, 0) is 19.2 Å². The van der Waals surface area contributed by atoms with Crippen LogP contribution in [0.3, 0.4) is 0 Å². The van der Waals surface area contributed by atoms with Gasteiger partial charge in [0.15, 0.2) is 17.3 Å². The number of ether oxygens (including phenoxy) is 7. The van der Waals surface area contributed by atoms with E-state index in [4.69, 9.17) is 33.2 Å². The molecule has 4 aromatic rings. The maximum Gasteiger partial charge on any atom is 0.308 e. The number of methoxy groups -OCH3 is 1. The van der Waals surface area contributed by atoms with Crippen molar-refractivity contribution >= 4 is 35.4 Å². The molecule has 0 unspecified atom stereocenters. The number of hydrogen-bond donors (Lipinski definition) is 0. The summed E-state index contributed by atoms with van der Waals surface area (Å²) in [7, 11) is 1.51. The van der Waals surface area contributed by atoms with Gasteiger partial charge in [0.2, 0.25) is 0 Å². The number of Topliss-reactive ketones (excluding diaryl/α,β-unsaturated/α-hetero) is 2. The van der Waals surface area contributed by atoms with E-state index in [0.29, 0.717) is 22.6 Å². The molecule has 6 rings (SSSR count). The topological polar surface area (TPSA) is 167 Å². The highest BCUT2D eigenvalue weighted by molar-refractivity contribution is 6.08. The van der Waals surface area contributed by atoms with Crippen LogP contribution in [0.15, 0.2) is 72.8 Å². The van der Waals surface area contributed by atoms with E-state index in [1.807, 2.05) is 0 Å². The quantitative estimate of drug-likeness (QED) is 0.110. The molecule has 13 heteroatoms. The number of benzene rings is 4. The van der Waals surface area contributed by atoms with Crippen LogP contribution in [0.2, 0.25) is 0 Å². The zero-order valence-corrected chi connectivity index (χ0v) is 28.7. The molecule has 0 saturated heterocycles. The highest BCUT2D eigenvalue weighted by Crippen LogP contribution is 2.57. The zero-order chi connectivity index (χ0) is 37.3. The van der Waals surface area contributed by atoms with Gasteiger partial charge in [0, 0.05) is 39.8 Å². The second-order valence-corrected chi connectivity index (χ2v) is 12.0. The number of carbonyl (C=O) groups is 6. The molecule has 52 heavy (non-hydrogen) atoms. The van der Waals surface area contributed by atoms with Gasteiger partial charge in [0.25, 0.3) is 0 Å². The van der Waals surface area contributed by atoms with Crippen LogP contribution in [0.1, 0.15) is 89.6 Å². The molecule has 0 aromatic heterocycles. The van der Waals surface area contributed by atoms with Crippen molar-refractivity contribution in [3.8, 4) is 40.2 Å². The molecule has 2 aliphatic rings. The lowest BCUT2D eigenvalue weighted by molar-refractivity contribution is -0.133. The summed E-state index contributed by atoms with van der Waals surface area (Å²) in [5.74, 6) is -4.24. The Morgan fingerprint density at radius 2 is 1.21 bits per heavy atom. The van der Waals surface area contributed by atoms with Crippen LogP contribution in [0.5, 0.6) is 40.2 Å². The van der Waals surface area contributed by atoms with Crippen LogP contribution in [0, 0.1) is 0 Å². The largest absolute Gasteiger partial charge is 0.497 e. The fourth-order valence-electron chi connectivity index (χ4n) is 6.22. The average molecular weight is 709 g/mol. The number of fused-ring (bicyclic) bond motifs is 2. The van der Waals surface area contributed by atoms with Crippen LogP contribution in [0.4, 0.5) is 0 Å². The van der Waals surface area contributed by atoms with Crippen molar-refractivity contribution in [2.75, 3.05) is 7.11 Å². The first-order valence-corrected chi connectivity index (χ1v) is 16.1. The van der Waals surface area contributed by atoms with Crippen LogP contribution in [-0.4, -0.2) is 42.6 Å². The van der Waals surface area contributed by atoms with Crippen molar-refractivity contribution in [2.24, 2.45) is 0 Å². The summed E-state index contributed by atoms with van der Waals surface area (Å²) in [6, 6.07) is 18.7. The molecule has 0 bridgehead atoms. The third kappa shape index (κ3) is 7.20. The highest BCUT2D eigenvalue weighted by atomic mass is 16.6. The summed E-state index contributed by atoms with van der Waals surface area (Å²) in [6.45, 7) is 4.79. The molecule has 0 spiro atoms. The highest BCUT2D eigenvalue weighted by Gasteiger charge is 2.47. The standard InChI is InChI=1S/C39H32O13/c1-19(40)47-26-12-6-23(7-13-26)30-17-29(44)34-32(51-30)18-33-35(39(34)50-22(4)43)36(38(52-33)24-8-10-25(46-5)11-9-24)37(45)28-15-14-27(48-20(2)41)16-31(28)49-21(3)42/h6-16,18,30,36,38H,17H2,1-5H3/t30-,36-,38-/m1/s1. The number of esters is 4. The van der Waals surface area contributed by atoms with Gasteiger partial charge < -0.3 is 33.2 Å². The second kappa shape index (κ2) is 14.4. The predicted octanol–water partition coefficient (Wildman–Crippen LogP) is 6.20. The number of ketones is 2. The number of rotatable bonds is 9. The van der Waals surface area contributed by atoms with Gasteiger partial charge in [-0.25, -0.2) is 0 Å². The van der Waals surface area contributed by atoms with Crippen molar-refractivity contribution in [2.45, 2.75) is 52.2 Å². The minimum atomic E-state index is -1.25. The summed E-state index contributed by atoms with van der Waals surface area (Å²) in [4.78, 5) is 76.5. The summed E-state index contributed by atoms with van der Waals surface area (Å²) >= 11 is 0. The monoisotopic (exact) mass is 708 g/mol. The van der Waals surface area contributed by atoms with E-state index in [-0.39, 0.29) is 51.9 Å². The maximum absolute atomic E-state index is 14.8. The second-order valence-electron chi connectivity index (χ2n) is 12.0. The fraction of sp³-hybridized carbons (Fsp3) is 0.231. The lowest BCUT2D eigenvalue weighted by Gasteiger charge is -2.28. The Bertz CT molecular complexity index is 2120. The first-order valence-electron chi connectivity index (χ1n) is 16.1. The first kappa shape index (κ1) is 35.3. The molecule has 0 amide bonds. The van der Waals surface area contributed by atoms with E-state index in [0.717, 1.165) is 13.8 Å². The minimum Gasteiger partial charge on any atom is -0.497 e. The average Bonchev–Trinajstić information content (AvgIpc) is 3.46. The molecular formula is C39H32O13. The Morgan fingerprint density at radius 1 is 0.635 bits per heavy atom. The Morgan fingerprint density at radius 3 is 1.83 bits per heavy atom. The Kier molecular flexibility index (Phi) is 9.78. The van der Waals surface area contributed by atoms with E-state index in [1.165, 1.54) is 45.2 Å². The van der Waals surface area contributed by atoms with Crippen molar-refractivity contribution in [1.82, 2.24) is 0 Å². The molecule has 0 radical (unpaired) electrons. The minimum absolute atomic E-state index is 0.0306. The summed E-state index contributed by atoms with van der Waals surface area (Å²) in [6.07, 6.45) is -1.94. The van der Waals surface area contributed by atoms with E-state index < -0.39 is 53.6 Å². The third-order valence-corrected chi connectivity index (χ3v) is 8.25. The molecule has 2 aliphatic heterocycles. The molecule has 266 valence electrons. The van der Waals surface area contributed by atoms with Gasteiger partial charge in [0.05, 0.1) is 30.6 Å². The van der Waals surface area contributed by atoms with Crippen LogP contribution < -0.4 is 33.2 Å². The fourth-order valence-corrected chi connectivity index (χ4v) is 6.22. The molecule has 0 saturated carbocycles. The van der Waals surface area contributed by atoms with Gasteiger partial charge in [-0.1, -0.05) is 24.3 Å². The van der Waals surface area contributed by atoms with E-state index >= 15 is 0 Å². The molecule has 0 N–H and O–H groups in total. The molecule has 2 heterocycles. The lowest BCUT2D eigenvalue weighted by Crippen LogP contribution is -2.24. The van der Waals surface area contributed by atoms with Crippen molar-refractivity contribution < 1.29 is 61.9 Å². The van der Waals surface area contributed by atoms with Gasteiger partial charge in [-0.15, -0.1) is 0 Å². The van der Waals surface area contributed by atoms with E-state index in [9.17, 15) is 28.8 Å². The molecule has 4 aromatic carbocycles. The van der Waals surface area contributed by atoms with Gasteiger partial charge >= 0.3 is 23.9 Å². The summed E-state index contributed by atoms with van der Waals surface area (Å²) < 4.78 is 39.5. The van der Waals surface area contributed by atoms with Crippen molar-refractivity contribution in [3.05, 3.63) is 101 Å². The molecular weight excluding hydrogens is 676 g/mol. The molecule has 3 atom stereocenters. The van der Waals surface area contributed by atoms with Gasteiger partial charge in [0.1, 0.15) is 52.3 Å². The van der Waals surface area contributed by atoms with E-state index in [1.54, 1.807) is 48.5 Å². The SMILES string of the molecule is COc1ccc([C@H]2Oc3cc4c(c(OC(C)=O)c3[C@@H]2C(=O)c2ccc(OC(C)=O)cc2OC(C)=O)C(=O)C[C@H](c2ccc(OC(C)=O)cc2)O4)cc1. The zero-order valence-electron chi connectivity index (χ0n) is 28.7. The van der Waals surface area contributed by atoms with Gasteiger partial charge in [-0.05, 0) is 47.5 Å². The van der Waals surface area contributed by atoms with Gasteiger partial charge in [-0.2, -0.15) is 0 Å². The van der Waals surface area contributed by atoms with Crippen LogP contribution in [0.25, 0.3) is 0 Å². The number of carbonyl (C=O) groups excluding carboxylic acids is 6. The van der Waals surface area contributed by atoms with Gasteiger partial charge in [-0.3, -0.25) is 28.8 Å². The maximum atomic E-state index is 14.8. The summed E-state index contributed by atoms with van der Waals surface area (Å²) in [5.41, 5.74) is 1.13.